The highest BCUT2D eigenvalue weighted by molar-refractivity contribution is 5.80. The van der Waals surface area contributed by atoms with Crippen LogP contribution in [0.1, 0.15) is 6.42 Å². The maximum Gasteiger partial charge on any atom is 0.323 e. The van der Waals surface area contributed by atoms with Crippen LogP contribution in [0.3, 0.4) is 0 Å². The van der Waals surface area contributed by atoms with Crippen molar-refractivity contribution < 1.29 is 19.8 Å². The summed E-state index contributed by atoms with van der Waals surface area (Å²) in [6.07, 6.45) is 1.52. The summed E-state index contributed by atoms with van der Waals surface area (Å²) in [6, 6.07) is -0.362. The van der Waals surface area contributed by atoms with Gasteiger partial charge in [0.2, 0.25) is 0 Å². The number of carbonyl (C=O) groups is 2. The smallest absolute Gasteiger partial charge is 0.323 e. The zero-order valence-electron chi connectivity index (χ0n) is 9.00. The van der Waals surface area contributed by atoms with E-state index in [1.165, 1.54) is 15.9 Å². The Kier molecular flexibility index (Phi) is 4.30. The summed E-state index contributed by atoms with van der Waals surface area (Å²) in [6.45, 7) is 4.05. The number of hydrogen-bond acceptors (Lipinski definition) is 3. The molecule has 1 fully saturated rings. The standard InChI is InChI=1S/C10H16N2O4/c1-2-4-11(7-9(14)15)10(16)12-5-3-8(13)6-12/h2,8,13H,1,3-7H2,(H,14,15). The number of carbonyl (C=O) groups excluding carboxylic acids is 1. The highest BCUT2D eigenvalue weighted by atomic mass is 16.4. The van der Waals surface area contributed by atoms with Gasteiger partial charge in [-0.1, -0.05) is 6.08 Å². The highest BCUT2D eigenvalue weighted by Crippen LogP contribution is 2.11. The van der Waals surface area contributed by atoms with Gasteiger partial charge < -0.3 is 20.0 Å². The first kappa shape index (κ1) is 12.5. The average Bonchev–Trinajstić information content (AvgIpc) is 2.62. The lowest BCUT2D eigenvalue weighted by Crippen LogP contribution is -2.44. The third-order valence-corrected chi connectivity index (χ3v) is 2.38. The first-order chi connectivity index (χ1) is 7.54. The van der Waals surface area contributed by atoms with Gasteiger partial charge in [-0.3, -0.25) is 4.79 Å². The van der Waals surface area contributed by atoms with Gasteiger partial charge in [0.25, 0.3) is 0 Å². The molecule has 0 aromatic carbocycles. The van der Waals surface area contributed by atoms with Crippen molar-refractivity contribution in [3.63, 3.8) is 0 Å². The maximum absolute atomic E-state index is 11.8. The molecule has 6 nitrogen and oxygen atoms in total. The van der Waals surface area contributed by atoms with Crippen LogP contribution in [0.15, 0.2) is 12.7 Å². The number of carboxylic acid groups (broad SMARTS) is 1. The molecule has 0 aromatic heterocycles. The third kappa shape index (κ3) is 3.23. The summed E-state index contributed by atoms with van der Waals surface area (Å²) in [5, 5.41) is 18.0. The molecule has 0 bridgehead atoms. The number of hydrogen-bond donors (Lipinski definition) is 2. The number of amides is 2. The Morgan fingerprint density at radius 2 is 2.25 bits per heavy atom. The number of urea groups is 1. The number of aliphatic carboxylic acids is 1. The molecule has 1 atom stereocenters. The van der Waals surface area contributed by atoms with Crippen molar-refractivity contribution in [1.29, 1.82) is 0 Å². The van der Waals surface area contributed by atoms with Crippen molar-refractivity contribution >= 4 is 12.0 Å². The van der Waals surface area contributed by atoms with Crippen LogP contribution < -0.4 is 0 Å². The number of rotatable bonds is 4. The molecular formula is C10H16N2O4. The summed E-state index contributed by atoms with van der Waals surface area (Å²) < 4.78 is 0. The van der Waals surface area contributed by atoms with Crippen LogP contribution in [0.4, 0.5) is 4.79 Å². The summed E-state index contributed by atoms with van der Waals surface area (Å²) in [7, 11) is 0. The Balaban J connectivity index is 2.59. The largest absolute Gasteiger partial charge is 0.480 e. The molecule has 2 amide bonds. The van der Waals surface area contributed by atoms with Crippen molar-refractivity contribution in [1.82, 2.24) is 9.80 Å². The molecule has 1 rings (SSSR count). The lowest BCUT2D eigenvalue weighted by molar-refractivity contribution is -0.137. The molecule has 1 unspecified atom stereocenters. The van der Waals surface area contributed by atoms with Crippen LogP contribution in [0.5, 0.6) is 0 Å². The van der Waals surface area contributed by atoms with Crippen LogP contribution in [0.25, 0.3) is 0 Å². The molecule has 1 saturated heterocycles. The second-order valence-electron chi connectivity index (χ2n) is 3.73. The molecule has 1 aliphatic heterocycles. The van der Waals surface area contributed by atoms with E-state index in [9.17, 15) is 14.7 Å². The Labute approximate surface area is 93.8 Å². The zero-order chi connectivity index (χ0) is 12.1. The Morgan fingerprint density at radius 1 is 1.56 bits per heavy atom. The Bertz CT molecular complexity index is 293. The number of aliphatic hydroxyl groups excluding tert-OH is 1. The summed E-state index contributed by atoms with van der Waals surface area (Å²) in [4.78, 5) is 25.1. The van der Waals surface area contributed by atoms with E-state index in [1.54, 1.807) is 0 Å². The highest BCUT2D eigenvalue weighted by Gasteiger charge is 2.28. The zero-order valence-corrected chi connectivity index (χ0v) is 9.00. The van der Waals surface area contributed by atoms with Crippen molar-refractivity contribution in [3.05, 3.63) is 12.7 Å². The van der Waals surface area contributed by atoms with Crippen molar-refractivity contribution in [2.45, 2.75) is 12.5 Å². The van der Waals surface area contributed by atoms with E-state index < -0.39 is 12.1 Å². The minimum Gasteiger partial charge on any atom is -0.480 e. The second kappa shape index (κ2) is 5.50. The molecular weight excluding hydrogens is 212 g/mol. The molecule has 0 saturated carbocycles. The summed E-state index contributed by atoms with van der Waals surface area (Å²) >= 11 is 0. The monoisotopic (exact) mass is 228 g/mol. The first-order valence-electron chi connectivity index (χ1n) is 5.09. The van der Waals surface area contributed by atoms with E-state index in [0.29, 0.717) is 13.0 Å². The van der Waals surface area contributed by atoms with Crippen LogP contribution in [0.2, 0.25) is 0 Å². The number of β-amino-alcohol motifs (C(OH)–C–C–N with tert-alkyl or cyclic N) is 1. The van der Waals surface area contributed by atoms with Gasteiger partial charge in [-0.25, -0.2) is 4.79 Å². The molecule has 16 heavy (non-hydrogen) atoms. The lowest BCUT2D eigenvalue weighted by atomic mass is 10.3. The Hall–Kier alpha value is -1.56. The van der Waals surface area contributed by atoms with E-state index in [4.69, 9.17) is 5.11 Å². The van der Waals surface area contributed by atoms with Gasteiger partial charge in [0, 0.05) is 19.6 Å². The van der Waals surface area contributed by atoms with Gasteiger partial charge in [-0.05, 0) is 6.42 Å². The first-order valence-corrected chi connectivity index (χ1v) is 5.09. The molecule has 2 N–H and O–H groups in total. The third-order valence-electron chi connectivity index (χ3n) is 2.38. The number of carboxylic acids is 1. The van der Waals surface area contributed by atoms with E-state index in [-0.39, 0.29) is 25.7 Å². The van der Waals surface area contributed by atoms with Gasteiger partial charge in [0.15, 0.2) is 0 Å². The molecule has 0 spiro atoms. The van der Waals surface area contributed by atoms with Crippen molar-refractivity contribution in [2.24, 2.45) is 0 Å². The average molecular weight is 228 g/mol. The maximum atomic E-state index is 11.8. The molecule has 0 aromatic rings. The molecule has 1 heterocycles. The lowest BCUT2D eigenvalue weighted by Gasteiger charge is -2.25. The van der Waals surface area contributed by atoms with Crippen molar-refractivity contribution in [3.8, 4) is 0 Å². The van der Waals surface area contributed by atoms with Gasteiger partial charge in [-0.15, -0.1) is 6.58 Å². The number of nitrogens with zero attached hydrogens (tertiary/aromatic N) is 2. The SMILES string of the molecule is C=CCN(CC(=O)O)C(=O)N1CCC(O)C1. The molecule has 90 valence electrons. The molecule has 0 aliphatic carbocycles. The van der Waals surface area contributed by atoms with E-state index in [2.05, 4.69) is 6.58 Å². The van der Waals surface area contributed by atoms with Crippen LogP contribution >= 0.6 is 0 Å². The normalized spacial score (nSPS) is 19.6. The molecule has 0 radical (unpaired) electrons. The van der Waals surface area contributed by atoms with E-state index >= 15 is 0 Å². The fraction of sp³-hybridized carbons (Fsp3) is 0.600. The quantitative estimate of drug-likeness (QED) is 0.650. The van der Waals surface area contributed by atoms with E-state index in [1.807, 2.05) is 0 Å². The number of likely N-dealkylation sites (tertiary alicyclic amines) is 1. The molecule has 6 heteroatoms. The minimum atomic E-state index is -1.06. The predicted octanol–water partition coefficient (Wildman–Crippen LogP) is -0.254. The van der Waals surface area contributed by atoms with Crippen molar-refractivity contribution in [2.75, 3.05) is 26.2 Å². The van der Waals surface area contributed by atoms with Gasteiger partial charge >= 0.3 is 12.0 Å². The number of aliphatic hydroxyl groups is 1. The topological polar surface area (TPSA) is 81.1 Å². The van der Waals surface area contributed by atoms with Gasteiger partial charge in [-0.2, -0.15) is 0 Å². The van der Waals surface area contributed by atoms with Crippen LogP contribution in [-0.4, -0.2) is 64.3 Å². The Morgan fingerprint density at radius 3 is 2.69 bits per heavy atom. The summed E-state index contributed by atoms with van der Waals surface area (Å²) in [5.41, 5.74) is 0. The van der Waals surface area contributed by atoms with Gasteiger partial charge in [0.05, 0.1) is 6.10 Å². The van der Waals surface area contributed by atoms with E-state index in [0.717, 1.165) is 0 Å². The molecule has 1 aliphatic rings. The van der Waals surface area contributed by atoms with Crippen LogP contribution in [-0.2, 0) is 4.79 Å². The summed E-state index contributed by atoms with van der Waals surface area (Å²) in [5.74, 6) is -1.06. The van der Waals surface area contributed by atoms with Gasteiger partial charge in [0.1, 0.15) is 6.54 Å². The predicted molar refractivity (Wildman–Crippen MR) is 57.0 cm³/mol. The second-order valence-corrected chi connectivity index (χ2v) is 3.73. The van der Waals surface area contributed by atoms with Crippen LogP contribution in [0, 0.1) is 0 Å². The minimum absolute atomic E-state index is 0.192. The fourth-order valence-electron chi connectivity index (χ4n) is 1.64. The fourth-order valence-corrected chi connectivity index (χ4v) is 1.64.